The molecule has 3 aromatic rings. The van der Waals surface area contributed by atoms with Crippen molar-refractivity contribution in [1.29, 1.82) is 0 Å². The molecule has 112 valence electrons. The van der Waals surface area contributed by atoms with E-state index in [9.17, 15) is 4.79 Å². The van der Waals surface area contributed by atoms with Crippen LogP contribution in [-0.4, -0.2) is 32.4 Å². The number of nitrogens with zero attached hydrogens (tertiary/aromatic N) is 4. The van der Waals surface area contributed by atoms with E-state index < -0.39 is 0 Å². The van der Waals surface area contributed by atoms with E-state index in [1.54, 1.807) is 24.3 Å². The summed E-state index contributed by atoms with van der Waals surface area (Å²) in [4.78, 5) is 22.8. The van der Waals surface area contributed by atoms with Crippen LogP contribution in [0.3, 0.4) is 0 Å². The molecule has 0 aliphatic carbocycles. The summed E-state index contributed by atoms with van der Waals surface area (Å²) in [6, 6.07) is 9.48. The number of aromatic nitrogens is 3. The average molecular weight is 294 g/mol. The van der Waals surface area contributed by atoms with Gasteiger partial charge in [0.2, 0.25) is 0 Å². The van der Waals surface area contributed by atoms with Gasteiger partial charge in [0.1, 0.15) is 5.82 Å². The number of carbonyl (C=O) groups is 1. The maximum absolute atomic E-state index is 12.6. The maximum atomic E-state index is 12.6. The molecule has 0 unspecified atom stereocenters. The van der Waals surface area contributed by atoms with Gasteiger partial charge in [-0.3, -0.25) is 9.78 Å². The Morgan fingerprint density at radius 1 is 1.32 bits per heavy atom. The van der Waals surface area contributed by atoms with E-state index >= 15 is 0 Å². The van der Waals surface area contributed by atoms with Crippen molar-refractivity contribution in [2.24, 2.45) is 7.05 Å². The first-order valence-electron chi connectivity index (χ1n) is 7.13. The highest BCUT2D eigenvalue weighted by molar-refractivity contribution is 5.97. The Kier molecular flexibility index (Phi) is 3.63. The SMILES string of the molecule is Cc1nc2cc(C(=O)N(C)Cc3cccnc3)ccc2n1C. The second kappa shape index (κ2) is 5.60. The fourth-order valence-corrected chi connectivity index (χ4v) is 2.51. The van der Waals surface area contributed by atoms with Crippen LogP contribution < -0.4 is 0 Å². The lowest BCUT2D eigenvalue weighted by atomic mass is 10.1. The average Bonchev–Trinajstić information content (AvgIpc) is 2.81. The molecule has 0 bridgehead atoms. The third-order valence-electron chi connectivity index (χ3n) is 3.84. The van der Waals surface area contributed by atoms with Crippen LogP contribution in [0, 0.1) is 6.92 Å². The first-order chi connectivity index (χ1) is 10.6. The standard InChI is InChI=1S/C17H18N4O/c1-12-19-15-9-14(6-7-16(15)21(12)3)17(22)20(2)11-13-5-4-8-18-10-13/h4-10H,11H2,1-3H3. The number of hydrogen-bond donors (Lipinski definition) is 0. The lowest BCUT2D eigenvalue weighted by molar-refractivity contribution is 0.0785. The molecule has 5 heteroatoms. The van der Waals surface area contributed by atoms with E-state index in [4.69, 9.17) is 0 Å². The Labute approximate surface area is 129 Å². The summed E-state index contributed by atoms with van der Waals surface area (Å²) in [7, 11) is 3.77. The lowest BCUT2D eigenvalue weighted by Crippen LogP contribution is -2.26. The summed E-state index contributed by atoms with van der Waals surface area (Å²) in [5.74, 6) is 0.914. The van der Waals surface area contributed by atoms with Crippen molar-refractivity contribution < 1.29 is 4.79 Å². The predicted molar refractivity (Wildman–Crippen MR) is 85.5 cm³/mol. The van der Waals surface area contributed by atoms with Gasteiger partial charge in [-0.05, 0) is 36.8 Å². The molecule has 1 amide bonds. The van der Waals surface area contributed by atoms with Crippen LogP contribution in [-0.2, 0) is 13.6 Å². The van der Waals surface area contributed by atoms with Gasteiger partial charge in [-0.2, -0.15) is 0 Å². The zero-order valence-corrected chi connectivity index (χ0v) is 12.9. The molecule has 1 aromatic carbocycles. The smallest absolute Gasteiger partial charge is 0.253 e. The molecular weight excluding hydrogens is 276 g/mol. The molecule has 22 heavy (non-hydrogen) atoms. The number of benzene rings is 1. The zero-order valence-electron chi connectivity index (χ0n) is 12.9. The Hall–Kier alpha value is -2.69. The van der Waals surface area contributed by atoms with Crippen molar-refractivity contribution in [3.8, 4) is 0 Å². The van der Waals surface area contributed by atoms with E-state index in [1.165, 1.54) is 0 Å². The summed E-state index contributed by atoms with van der Waals surface area (Å²) < 4.78 is 2.02. The van der Waals surface area contributed by atoms with Gasteiger partial charge < -0.3 is 9.47 Å². The minimum Gasteiger partial charge on any atom is -0.337 e. The predicted octanol–water partition coefficient (Wildman–Crippen LogP) is 2.55. The van der Waals surface area contributed by atoms with E-state index in [-0.39, 0.29) is 5.91 Å². The number of carbonyl (C=O) groups excluding carboxylic acids is 1. The number of fused-ring (bicyclic) bond motifs is 1. The first kappa shape index (κ1) is 14.3. The van der Waals surface area contributed by atoms with Crippen molar-refractivity contribution >= 4 is 16.9 Å². The Balaban J connectivity index is 1.85. The quantitative estimate of drug-likeness (QED) is 0.746. The van der Waals surface area contributed by atoms with Gasteiger partial charge in [-0.15, -0.1) is 0 Å². The van der Waals surface area contributed by atoms with E-state index in [0.717, 1.165) is 22.4 Å². The minimum absolute atomic E-state index is 0.0194. The molecule has 0 radical (unpaired) electrons. The van der Waals surface area contributed by atoms with Crippen molar-refractivity contribution in [2.45, 2.75) is 13.5 Å². The molecule has 0 N–H and O–H groups in total. The molecule has 0 aliphatic heterocycles. The fraction of sp³-hybridized carbons (Fsp3) is 0.235. The molecule has 0 saturated carbocycles. The molecule has 0 saturated heterocycles. The highest BCUT2D eigenvalue weighted by atomic mass is 16.2. The molecule has 3 rings (SSSR count). The van der Waals surface area contributed by atoms with Crippen LogP contribution in [0.5, 0.6) is 0 Å². The van der Waals surface area contributed by atoms with Gasteiger partial charge >= 0.3 is 0 Å². The lowest BCUT2D eigenvalue weighted by Gasteiger charge is -2.17. The number of aryl methyl sites for hydroxylation is 2. The van der Waals surface area contributed by atoms with Crippen LogP contribution in [0.4, 0.5) is 0 Å². The molecule has 5 nitrogen and oxygen atoms in total. The number of hydrogen-bond acceptors (Lipinski definition) is 3. The highest BCUT2D eigenvalue weighted by Gasteiger charge is 2.14. The van der Waals surface area contributed by atoms with Crippen LogP contribution >= 0.6 is 0 Å². The van der Waals surface area contributed by atoms with Gasteiger partial charge in [-0.1, -0.05) is 6.07 Å². The summed E-state index contributed by atoms with van der Waals surface area (Å²) in [6.07, 6.45) is 3.50. The molecular formula is C17H18N4O. The third kappa shape index (κ3) is 2.57. The van der Waals surface area contributed by atoms with Crippen LogP contribution in [0.1, 0.15) is 21.7 Å². The maximum Gasteiger partial charge on any atom is 0.253 e. The first-order valence-corrected chi connectivity index (χ1v) is 7.13. The Morgan fingerprint density at radius 2 is 2.14 bits per heavy atom. The van der Waals surface area contributed by atoms with Crippen molar-refractivity contribution in [1.82, 2.24) is 19.4 Å². The normalized spacial score (nSPS) is 10.9. The van der Waals surface area contributed by atoms with Crippen LogP contribution in [0.15, 0.2) is 42.7 Å². The Bertz CT molecular complexity index is 823. The summed E-state index contributed by atoms with van der Waals surface area (Å²) in [6.45, 7) is 2.49. The molecule has 0 spiro atoms. The van der Waals surface area contributed by atoms with Gasteiger partial charge in [0, 0.05) is 38.6 Å². The monoisotopic (exact) mass is 294 g/mol. The minimum atomic E-state index is -0.0194. The molecule has 0 aliphatic rings. The topological polar surface area (TPSA) is 51.0 Å². The number of pyridine rings is 1. The van der Waals surface area contributed by atoms with E-state index in [2.05, 4.69) is 9.97 Å². The van der Waals surface area contributed by atoms with Gasteiger partial charge in [0.05, 0.1) is 11.0 Å². The summed E-state index contributed by atoms with van der Waals surface area (Å²) in [5.41, 5.74) is 3.54. The second-order valence-electron chi connectivity index (χ2n) is 5.44. The van der Waals surface area contributed by atoms with Crippen molar-refractivity contribution in [2.75, 3.05) is 7.05 Å². The number of imidazole rings is 1. The number of amides is 1. The largest absolute Gasteiger partial charge is 0.337 e. The summed E-state index contributed by atoms with van der Waals surface area (Å²) >= 11 is 0. The summed E-state index contributed by atoms with van der Waals surface area (Å²) in [5, 5.41) is 0. The second-order valence-corrected chi connectivity index (χ2v) is 5.44. The van der Waals surface area contributed by atoms with Crippen molar-refractivity contribution in [3.05, 3.63) is 59.7 Å². The fourth-order valence-electron chi connectivity index (χ4n) is 2.51. The van der Waals surface area contributed by atoms with Crippen LogP contribution in [0.25, 0.3) is 11.0 Å². The molecule has 2 heterocycles. The zero-order chi connectivity index (χ0) is 15.7. The van der Waals surface area contributed by atoms with Crippen molar-refractivity contribution in [3.63, 3.8) is 0 Å². The van der Waals surface area contributed by atoms with E-state index in [0.29, 0.717) is 12.1 Å². The van der Waals surface area contributed by atoms with Crippen LogP contribution in [0.2, 0.25) is 0 Å². The van der Waals surface area contributed by atoms with Gasteiger partial charge in [0.15, 0.2) is 0 Å². The van der Waals surface area contributed by atoms with E-state index in [1.807, 2.05) is 48.9 Å². The highest BCUT2D eigenvalue weighted by Crippen LogP contribution is 2.17. The van der Waals surface area contributed by atoms with Gasteiger partial charge in [0.25, 0.3) is 5.91 Å². The number of rotatable bonds is 3. The molecule has 0 atom stereocenters. The Morgan fingerprint density at radius 3 is 2.86 bits per heavy atom. The molecule has 2 aromatic heterocycles. The molecule has 0 fully saturated rings. The third-order valence-corrected chi connectivity index (χ3v) is 3.84. The van der Waals surface area contributed by atoms with Gasteiger partial charge in [-0.25, -0.2) is 4.98 Å².